The molecule has 3 rings (SSSR count). The summed E-state index contributed by atoms with van der Waals surface area (Å²) in [7, 11) is 0. The molecule has 2 N–H and O–H groups in total. The third-order valence-electron chi connectivity index (χ3n) is 3.59. The van der Waals surface area contributed by atoms with Crippen LogP contribution in [0.4, 0.5) is 26.0 Å². The van der Waals surface area contributed by atoms with Crippen LogP contribution in [0.5, 0.6) is 5.75 Å². The van der Waals surface area contributed by atoms with E-state index in [1.165, 1.54) is 12.1 Å². The largest absolute Gasteiger partial charge is 0.427 e. The fourth-order valence-corrected chi connectivity index (χ4v) is 2.49. The van der Waals surface area contributed by atoms with E-state index in [4.69, 9.17) is 10.3 Å². The molecule has 1 aliphatic rings. The highest BCUT2D eigenvalue weighted by Crippen LogP contribution is 2.35. The second kappa shape index (κ2) is 5.71. The summed E-state index contributed by atoms with van der Waals surface area (Å²) in [4.78, 5) is 12.0. The monoisotopic (exact) mass is 326 g/mol. The lowest BCUT2D eigenvalue weighted by atomic mass is 10.1. The number of benzene rings is 1. The molecule has 0 saturated carbocycles. The van der Waals surface area contributed by atoms with Gasteiger partial charge >= 0.3 is 12.3 Å². The lowest BCUT2D eigenvalue weighted by Gasteiger charge is -2.28. The Morgan fingerprint density at radius 2 is 2.26 bits per heavy atom. The second-order valence-corrected chi connectivity index (χ2v) is 4.93. The van der Waals surface area contributed by atoms with Crippen LogP contribution in [0.15, 0.2) is 22.7 Å². The van der Waals surface area contributed by atoms with Gasteiger partial charge < -0.3 is 19.9 Å². The molecule has 2 aromatic rings. The van der Waals surface area contributed by atoms with E-state index in [0.29, 0.717) is 25.2 Å². The van der Waals surface area contributed by atoms with Crippen molar-refractivity contribution in [3.63, 3.8) is 0 Å². The smallest absolute Gasteiger partial charge is 0.387 e. The lowest BCUT2D eigenvalue weighted by Crippen LogP contribution is -2.30. The van der Waals surface area contributed by atoms with Crippen molar-refractivity contribution in [2.75, 3.05) is 17.2 Å². The van der Waals surface area contributed by atoms with Gasteiger partial charge in [0.1, 0.15) is 0 Å². The zero-order valence-electron chi connectivity index (χ0n) is 11.7. The maximum absolute atomic E-state index is 12.5. The minimum atomic E-state index is -3.15. The van der Waals surface area contributed by atoms with E-state index < -0.39 is 23.0 Å². The number of hydrogen-bond donors (Lipinski definition) is 1. The molecule has 122 valence electrons. The van der Waals surface area contributed by atoms with Gasteiger partial charge in [-0.2, -0.15) is 8.78 Å². The third kappa shape index (κ3) is 2.87. The summed E-state index contributed by atoms with van der Waals surface area (Å²) in [5.74, 6) is -0.276. The maximum atomic E-state index is 12.5. The highest BCUT2D eigenvalue weighted by Gasteiger charge is 2.25. The summed E-state index contributed by atoms with van der Waals surface area (Å²) in [6.07, 6.45) is 0.568. The Labute approximate surface area is 128 Å². The average molecular weight is 326 g/mol. The molecule has 0 saturated heterocycles. The number of nitrogens with two attached hydrogens (primary N) is 1. The van der Waals surface area contributed by atoms with Crippen LogP contribution in [0, 0.1) is 10.1 Å². The Hall–Kier alpha value is -2.91. The number of nitrogens with zero attached hydrogens (tertiary/aromatic N) is 3. The number of rotatable bonds is 4. The standard InChI is InChI=1S/C13H12F2N4O4/c14-13(15)22-11-5-7(1-2-10(11)19(20)21)18-4-3-9-8(6-18)12(16)23-17-9/h1-2,5,13H,3-4,6,16H2. The molecule has 10 heteroatoms. The van der Waals surface area contributed by atoms with Gasteiger partial charge in [0, 0.05) is 30.8 Å². The zero-order chi connectivity index (χ0) is 16.6. The van der Waals surface area contributed by atoms with Crippen molar-refractivity contribution >= 4 is 17.3 Å². The maximum Gasteiger partial charge on any atom is 0.387 e. The minimum Gasteiger partial charge on any atom is -0.427 e. The molecule has 0 aliphatic carbocycles. The van der Waals surface area contributed by atoms with E-state index in [1.54, 1.807) is 0 Å². The number of alkyl halides is 2. The number of fused-ring (bicyclic) bond motifs is 1. The number of ether oxygens (including phenoxy) is 1. The van der Waals surface area contributed by atoms with E-state index in [2.05, 4.69) is 9.89 Å². The van der Waals surface area contributed by atoms with E-state index in [9.17, 15) is 18.9 Å². The topological polar surface area (TPSA) is 108 Å². The SMILES string of the molecule is Nc1onc2c1CN(c1ccc([N+](=O)[O-])c(OC(F)F)c1)CC2. The molecule has 0 atom stereocenters. The van der Waals surface area contributed by atoms with Crippen molar-refractivity contribution in [2.45, 2.75) is 19.6 Å². The van der Waals surface area contributed by atoms with E-state index in [1.807, 2.05) is 4.90 Å². The molecule has 23 heavy (non-hydrogen) atoms. The number of nitro benzene ring substituents is 1. The number of nitro groups is 1. The molecular formula is C13H12F2N4O4. The van der Waals surface area contributed by atoms with E-state index in [0.717, 1.165) is 17.3 Å². The van der Waals surface area contributed by atoms with Crippen molar-refractivity contribution < 1.29 is 23.0 Å². The Morgan fingerprint density at radius 3 is 2.96 bits per heavy atom. The summed E-state index contributed by atoms with van der Waals surface area (Å²) in [6.45, 7) is -2.23. The summed E-state index contributed by atoms with van der Waals surface area (Å²) >= 11 is 0. The molecule has 0 fully saturated rings. The van der Waals surface area contributed by atoms with Crippen molar-refractivity contribution in [3.05, 3.63) is 39.6 Å². The van der Waals surface area contributed by atoms with Gasteiger partial charge in [-0.25, -0.2) is 0 Å². The summed E-state index contributed by atoms with van der Waals surface area (Å²) < 4.78 is 34.1. The van der Waals surface area contributed by atoms with Crippen molar-refractivity contribution in [1.29, 1.82) is 0 Å². The van der Waals surface area contributed by atoms with Crippen molar-refractivity contribution in [2.24, 2.45) is 0 Å². The number of nitrogen functional groups attached to an aromatic ring is 1. The number of aromatic nitrogens is 1. The molecular weight excluding hydrogens is 314 g/mol. The second-order valence-electron chi connectivity index (χ2n) is 4.93. The molecule has 0 bridgehead atoms. The van der Waals surface area contributed by atoms with Crippen LogP contribution in [0.1, 0.15) is 11.3 Å². The first-order valence-corrected chi connectivity index (χ1v) is 6.67. The molecule has 0 spiro atoms. The highest BCUT2D eigenvalue weighted by atomic mass is 19.3. The zero-order valence-corrected chi connectivity index (χ0v) is 11.7. The predicted octanol–water partition coefficient (Wildman–Crippen LogP) is 2.33. The van der Waals surface area contributed by atoms with Crippen LogP contribution < -0.4 is 15.4 Å². The van der Waals surface area contributed by atoms with Crippen LogP contribution in [0.3, 0.4) is 0 Å². The van der Waals surface area contributed by atoms with Crippen molar-refractivity contribution in [3.8, 4) is 5.75 Å². The van der Waals surface area contributed by atoms with Crippen LogP contribution >= 0.6 is 0 Å². The molecule has 1 aromatic heterocycles. The fraction of sp³-hybridized carbons (Fsp3) is 0.308. The van der Waals surface area contributed by atoms with Gasteiger partial charge in [0.05, 0.1) is 22.7 Å². The van der Waals surface area contributed by atoms with Gasteiger partial charge in [-0.3, -0.25) is 10.1 Å². The van der Waals surface area contributed by atoms with Crippen LogP contribution in [-0.4, -0.2) is 23.2 Å². The Balaban J connectivity index is 1.91. The fourth-order valence-electron chi connectivity index (χ4n) is 2.49. The van der Waals surface area contributed by atoms with Gasteiger partial charge in [-0.05, 0) is 6.07 Å². The van der Waals surface area contributed by atoms with E-state index >= 15 is 0 Å². The predicted molar refractivity (Wildman–Crippen MR) is 75.4 cm³/mol. The molecule has 8 nitrogen and oxygen atoms in total. The number of anilines is 2. The molecule has 0 unspecified atom stereocenters. The van der Waals surface area contributed by atoms with Crippen LogP contribution in [-0.2, 0) is 13.0 Å². The first-order chi connectivity index (χ1) is 11.0. The molecule has 1 aliphatic heterocycles. The summed E-state index contributed by atoms with van der Waals surface area (Å²) in [5.41, 5.74) is 7.17. The number of hydrogen-bond acceptors (Lipinski definition) is 7. The first kappa shape index (κ1) is 15.0. The van der Waals surface area contributed by atoms with Crippen molar-refractivity contribution in [1.82, 2.24) is 5.16 Å². The number of halogens is 2. The van der Waals surface area contributed by atoms with Gasteiger partial charge in [0.2, 0.25) is 11.6 Å². The molecule has 0 amide bonds. The summed E-state index contributed by atoms with van der Waals surface area (Å²) in [5, 5.41) is 14.7. The van der Waals surface area contributed by atoms with Gasteiger partial charge in [0.25, 0.3) is 0 Å². The van der Waals surface area contributed by atoms with Gasteiger partial charge in [-0.1, -0.05) is 5.16 Å². The molecule has 2 heterocycles. The molecule has 1 aromatic carbocycles. The lowest BCUT2D eigenvalue weighted by molar-refractivity contribution is -0.386. The highest BCUT2D eigenvalue weighted by molar-refractivity contribution is 5.60. The van der Waals surface area contributed by atoms with Gasteiger partial charge in [0.15, 0.2) is 0 Å². The average Bonchev–Trinajstić information content (AvgIpc) is 2.87. The Bertz CT molecular complexity index is 750. The van der Waals surface area contributed by atoms with Gasteiger partial charge in [-0.15, -0.1) is 0 Å². The van der Waals surface area contributed by atoms with Crippen LogP contribution in [0.2, 0.25) is 0 Å². The normalized spacial score (nSPS) is 14.0. The molecule has 0 radical (unpaired) electrons. The summed E-state index contributed by atoms with van der Waals surface area (Å²) in [6, 6.07) is 3.84. The van der Waals surface area contributed by atoms with Crippen LogP contribution in [0.25, 0.3) is 0 Å². The Kier molecular flexibility index (Phi) is 3.72. The van der Waals surface area contributed by atoms with E-state index in [-0.39, 0.29) is 5.88 Å². The minimum absolute atomic E-state index is 0.204. The third-order valence-corrected chi connectivity index (χ3v) is 3.59. The first-order valence-electron chi connectivity index (χ1n) is 6.67. The Morgan fingerprint density at radius 1 is 1.48 bits per heavy atom. The quantitative estimate of drug-likeness (QED) is 0.678.